The summed E-state index contributed by atoms with van der Waals surface area (Å²) in [6.45, 7) is 4.08. The highest BCUT2D eigenvalue weighted by Crippen LogP contribution is 2.26. The summed E-state index contributed by atoms with van der Waals surface area (Å²) in [5.41, 5.74) is 4.57. The van der Waals surface area contributed by atoms with E-state index in [1.807, 2.05) is 73.1 Å². The quantitative estimate of drug-likeness (QED) is 0.452. The third-order valence-corrected chi connectivity index (χ3v) is 5.92. The van der Waals surface area contributed by atoms with Crippen LogP contribution in [-0.4, -0.2) is 22.2 Å². The minimum absolute atomic E-state index is 0.0221. The van der Waals surface area contributed by atoms with Crippen LogP contribution in [0.4, 0.5) is 5.69 Å². The first-order valence-electron chi connectivity index (χ1n) is 9.86. The van der Waals surface area contributed by atoms with Crippen molar-refractivity contribution in [3.63, 3.8) is 0 Å². The summed E-state index contributed by atoms with van der Waals surface area (Å²) in [6.07, 6.45) is 0. The van der Waals surface area contributed by atoms with Crippen LogP contribution in [0.1, 0.15) is 27.9 Å². The molecule has 0 aliphatic rings. The van der Waals surface area contributed by atoms with E-state index in [1.54, 1.807) is 11.3 Å². The lowest BCUT2D eigenvalue weighted by atomic mass is 10.1. The van der Waals surface area contributed by atoms with Crippen molar-refractivity contribution in [2.24, 2.45) is 0 Å². The number of thiophene rings is 1. The summed E-state index contributed by atoms with van der Waals surface area (Å²) in [5.74, 6) is -0.0914. The van der Waals surface area contributed by atoms with E-state index in [1.165, 1.54) is 4.88 Å². The Labute approximate surface area is 180 Å². The number of nitrogens with zero attached hydrogens (tertiary/aromatic N) is 2. The fraction of sp³-hybridized carbons (Fsp3) is 0.167. The molecule has 2 heterocycles. The van der Waals surface area contributed by atoms with Crippen molar-refractivity contribution < 1.29 is 4.79 Å². The minimum Gasteiger partial charge on any atom is -0.322 e. The lowest BCUT2D eigenvalue weighted by Crippen LogP contribution is -2.31. The second-order valence-corrected chi connectivity index (χ2v) is 8.06. The number of nitrogens with one attached hydrogen (secondary N) is 2. The number of aryl methyl sites for hydroxylation is 1. The smallest absolute Gasteiger partial charge is 0.238 e. The van der Waals surface area contributed by atoms with Gasteiger partial charge in [0, 0.05) is 4.88 Å². The molecule has 6 heteroatoms. The Balaban J connectivity index is 1.48. The maximum absolute atomic E-state index is 12.8. The van der Waals surface area contributed by atoms with Crippen molar-refractivity contribution in [1.29, 1.82) is 0 Å². The van der Waals surface area contributed by atoms with E-state index in [-0.39, 0.29) is 18.5 Å². The van der Waals surface area contributed by atoms with Crippen LogP contribution in [0, 0.1) is 13.8 Å². The van der Waals surface area contributed by atoms with Gasteiger partial charge < -0.3 is 5.32 Å². The van der Waals surface area contributed by atoms with Crippen molar-refractivity contribution in [3.8, 4) is 5.69 Å². The highest BCUT2D eigenvalue weighted by molar-refractivity contribution is 7.10. The third-order valence-electron chi connectivity index (χ3n) is 4.98. The Morgan fingerprint density at radius 2 is 1.70 bits per heavy atom. The lowest BCUT2D eigenvalue weighted by molar-refractivity contribution is -0.115. The molecule has 4 rings (SSSR count). The Morgan fingerprint density at radius 3 is 2.37 bits per heavy atom. The van der Waals surface area contributed by atoms with Crippen molar-refractivity contribution in [3.05, 3.63) is 100 Å². The van der Waals surface area contributed by atoms with Crippen LogP contribution in [0.3, 0.4) is 0 Å². The fourth-order valence-corrected chi connectivity index (χ4v) is 4.33. The summed E-state index contributed by atoms with van der Waals surface area (Å²) in [5, 5.41) is 13.1. The van der Waals surface area contributed by atoms with Gasteiger partial charge in [0.1, 0.15) is 0 Å². The predicted octanol–water partition coefficient (Wildman–Crippen LogP) is 4.87. The molecule has 0 radical (unpaired) electrons. The lowest BCUT2D eigenvalue weighted by Gasteiger charge is -2.18. The molecule has 0 bridgehead atoms. The maximum atomic E-state index is 12.8. The summed E-state index contributed by atoms with van der Waals surface area (Å²) < 4.78 is 1.86. The van der Waals surface area contributed by atoms with Gasteiger partial charge in [-0.3, -0.25) is 10.1 Å². The van der Waals surface area contributed by atoms with Gasteiger partial charge in [0.15, 0.2) is 0 Å². The molecule has 0 aliphatic carbocycles. The Bertz CT molecular complexity index is 1110. The molecule has 152 valence electrons. The number of para-hydroxylation sites is 1. The Hall–Kier alpha value is -3.22. The Morgan fingerprint density at radius 1 is 1.00 bits per heavy atom. The molecule has 0 saturated heterocycles. The number of carbonyl (C=O) groups excluding carboxylic acids is 1. The van der Waals surface area contributed by atoms with Gasteiger partial charge in [0.25, 0.3) is 0 Å². The molecule has 0 unspecified atom stereocenters. The zero-order valence-corrected chi connectivity index (χ0v) is 17.8. The van der Waals surface area contributed by atoms with E-state index in [0.29, 0.717) is 0 Å². The summed E-state index contributed by atoms with van der Waals surface area (Å²) in [6, 6.07) is 24.2. The number of aromatic nitrogens is 2. The molecule has 1 amide bonds. The molecule has 5 nitrogen and oxygen atoms in total. The molecular formula is C24H24N4OS. The highest BCUT2D eigenvalue weighted by Gasteiger charge is 2.18. The molecule has 4 aromatic rings. The highest BCUT2D eigenvalue weighted by atomic mass is 32.1. The number of benzene rings is 2. The topological polar surface area (TPSA) is 59.0 Å². The summed E-state index contributed by atoms with van der Waals surface area (Å²) in [7, 11) is 0. The molecule has 0 fully saturated rings. The molecule has 0 saturated carbocycles. The molecular weight excluding hydrogens is 392 g/mol. The van der Waals surface area contributed by atoms with Crippen molar-refractivity contribution in [2.45, 2.75) is 19.9 Å². The molecule has 30 heavy (non-hydrogen) atoms. The van der Waals surface area contributed by atoms with Gasteiger partial charge in [-0.2, -0.15) is 5.10 Å². The van der Waals surface area contributed by atoms with Crippen LogP contribution in [-0.2, 0) is 4.79 Å². The van der Waals surface area contributed by atoms with Gasteiger partial charge in [-0.15, -0.1) is 11.3 Å². The third kappa shape index (κ3) is 4.35. The standard InChI is InChI=1S/C24H24N4OS/c1-17-23(18(2)28(27-17)20-12-7-4-8-13-20)26-22(29)16-25-24(21-14-9-15-30-21)19-10-5-3-6-11-19/h3-15,24-25H,16H2,1-2H3,(H,26,29)/t24-/m0/s1. The van der Waals surface area contributed by atoms with Crippen molar-refractivity contribution in [1.82, 2.24) is 15.1 Å². The monoisotopic (exact) mass is 416 g/mol. The van der Waals surface area contributed by atoms with Crippen LogP contribution >= 0.6 is 11.3 Å². The van der Waals surface area contributed by atoms with Crippen LogP contribution in [0.2, 0.25) is 0 Å². The van der Waals surface area contributed by atoms with Gasteiger partial charge in [-0.05, 0) is 43.0 Å². The van der Waals surface area contributed by atoms with Crippen LogP contribution in [0.5, 0.6) is 0 Å². The van der Waals surface area contributed by atoms with Crippen LogP contribution in [0.15, 0.2) is 78.2 Å². The number of hydrogen-bond donors (Lipinski definition) is 2. The number of hydrogen-bond acceptors (Lipinski definition) is 4. The van der Waals surface area contributed by atoms with Gasteiger partial charge in [0.05, 0.1) is 35.3 Å². The molecule has 2 N–H and O–H groups in total. The first-order chi connectivity index (χ1) is 14.6. The van der Waals surface area contributed by atoms with E-state index in [2.05, 4.69) is 39.3 Å². The largest absolute Gasteiger partial charge is 0.322 e. The number of amides is 1. The molecule has 2 aromatic heterocycles. The zero-order chi connectivity index (χ0) is 20.9. The molecule has 0 spiro atoms. The van der Waals surface area contributed by atoms with Gasteiger partial charge in [0.2, 0.25) is 5.91 Å². The van der Waals surface area contributed by atoms with E-state index < -0.39 is 0 Å². The SMILES string of the molecule is Cc1nn(-c2ccccc2)c(C)c1NC(=O)CN[C@@H](c1ccccc1)c1cccs1. The zero-order valence-electron chi connectivity index (χ0n) is 17.0. The van der Waals surface area contributed by atoms with E-state index in [0.717, 1.165) is 28.3 Å². The fourth-order valence-electron chi connectivity index (χ4n) is 3.51. The van der Waals surface area contributed by atoms with E-state index in [4.69, 9.17) is 0 Å². The maximum Gasteiger partial charge on any atom is 0.238 e. The van der Waals surface area contributed by atoms with E-state index in [9.17, 15) is 4.79 Å². The second-order valence-electron chi connectivity index (χ2n) is 7.08. The van der Waals surface area contributed by atoms with Gasteiger partial charge >= 0.3 is 0 Å². The van der Waals surface area contributed by atoms with Gasteiger partial charge in [-0.1, -0.05) is 54.6 Å². The first kappa shape index (κ1) is 20.1. The van der Waals surface area contributed by atoms with Crippen LogP contribution < -0.4 is 10.6 Å². The number of rotatable bonds is 7. The average molecular weight is 417 g/mol. The molecule has 1 atom stereocenters. The van der Waals surface area contributed by atoms with Crippen molar-refractivity contribution in [2.75, 3.05) is 11.9 Å². The molecule has 0 aliphatic heterocycles. The average Bonchev–Trinajstić information content (AvgIpc) is 3.40. The van der Waals surface area contributed by atoms with Crippen LogP contribution in [0.25, 0.3) is 5.69 Å². The number of carbonyl (C=O) groups is 1. The first-order valence-corrected chi connectivity index (χ1v) is 10.7. The Kier molecular flexibility index (Phi) is 6.07. The normalized spacial score (nSPS) is 11.9. The predicted molar refractivity (Wildman–Crippen MR) is 122 cm³/mol. The minimum atomic E-state index is -0.0914. The van der Waals surface area contributed by atoms with Gasteiger partial charge in [-0.25, -0.2) is 4.68 Å². The summed E-state index contributed by atoms with van der Waals surface area (Å²) in [4.78, 5) is 13.9. The summed E-state index contributed by atoms with van der Waals surface area (Å²) >= 11 is 1.68. The number of anilines is 1. The second kappa shape index (κ2) is 9.07. The van der Waals surface area contributed by atoms with Crippen molar-refractivity contribution >= 4 is 22.9 Å². The van der Waals surface area contributed by atoms with E-state index >= 15 is 0 Å². The molecule has 2 aromatic carbocycles.